The van der Waals surface area contributed by atoms with Gasteiger partial charge in [0.05, 0.1) is 24.2 Å². The Kier molecular flexibility index (Phi) is 5.27. The molecular formula is C21H20N2O2S2. The summed E-state index contributed by atoms with van der Waals surface area (Å²) in [5.41, 5.74) is 5.10. The van der Waals surface area contributed by atoms with E-state index in [0.717, 1.165) is 38.5 Å². The molecule has 4 rings (SSSR count). The van der Waals surface area contributed by atoms with Crippen molar-refractivity contribution in [2.45, 2.75) is 26.1 Å². The Morgan fingerprint density at radius 3 is 2.93 bits per heavy atom. The Balaban J connectivity index is 1.45. The maximum absolute atomic E-state index is 12.8. The van der Waals surface area contributed by atoms with Crippen molar-refractivity contribution in [2.75, 3.05) is 5.75 Å². The van der Waals surface area contributed by atoms with Crippen molar-refractivity contribution in [2.24, 2.45) is 4.99 Å². The van der Waals surface area contributed by atoms with Crippen LogP contribution in [0.1, 0.15) is 33.1 Å². The van der Waals surface area contributed by atoms with Gasteiger partial charge in [-0.15, -0.1) is 0 Å². The van der Waals surface area contributed by atoms with E-state index >= 15 is 0 Å². The van der Waals surface area contributed by atoms with Crippen LogP contribution in [-0.4, -0.2) is 20.5 Å². The molecule has 1 aliphatic rings. The molecule has 1 aliphatic heterocycles. The quantitative estimate of drug-likeness (QED) is 0.527. The number of para-hydroxylation sites is 1. The van der Waals surface area contributed by atoms with E-state index in [9.17, 15) is 4.79 Å². The summed E-state index contributed by atoms with van der Waals surface area (Å²) in [6.07, 6.45) is 1.67. The summed E-state index contributed by atoms with van der Waals surface area (Å²) in [6, 6.07) is 14.0. The fourth-order valence-corrected chi connectivity index (χ4v) is 5.12. The lowest BCUT2D eigenvalue weighted by Gasteiger charge is -2.14. The third-order valence-corrected chi connectivity index (χ3v) is 6.89. The molecule has 1 aromatic carbocycles. The van der Waals surface area contributed by atoms with Gasteiger partial charge in [0, 0.05) is 22.7 Å². The standard InChI is InChI=1S/C21H20N2O2S2/c1-14-10-18(15(2)23(14)11-17-7-5-9-25-17)20(24)13-27-21-22-19-8-4-3-6-16(19)12-26-21/h3-10H,11-13H2,1-2H3. The Bertz CT molecular complexity index is 1000. The van der Waals surface area contributed by atoms with Crippen molar-refractivity contribution in [3.8, 4) is 0 Å². The highest BCUT2D eigenvalue weighted by Crippen LogP contribution is 2.34. The highest BCUT2D eigenvalue weighted by atomic mass is 32.2. The van der Waals surface area contributed by atoms with Gasteiger partial charge in [-0.05, 0) is 43.7 Å². The van der Waals surface area contributed by atoms with Crippen LogP contribution in [0.25, 0.3) is 0 Å². The van der Waals surface area contributed by atoms with Gasteiger partial charge >= 0.3 is 0 Å². The number of nitrogens with zero attached hydrogens (tertiary/aromatic N) is 2. The summed E-state index contributed by atoms with van der Waals surface area (Å²) in [7, 11) is 0. The van der Waals surface area contributed by atoms with E-state index in [2.05, 4.69) is 15.6 Å². The van der Waals surface area contributed by atoms with Crippen LogP contribution >= 0.6 is 23.5 Å². The molecule has 6 heteroatoms. The van der Waals surface area contributed by atoms with E-state index in [1.54, 1.807) is 18.0 Å². The molecule has 0 aliphatic carbocycles. The number of hydrogen-bond acceptors (Lipinski definition) is 5. The molecule has 138 valence electrons. The monoisotopic (exact) mass is 396 g/mol. The van der Waals surface area contributed by atoms with Gasteiger partial charge in [0.2, 0.25) is 0 Å². The number of carbonyl (C=O) groups is 1. The second kappa shape index (κ2) is 7.82. The van der Waals surface area contributed by atoms with Crippen molar-refractivity contribution in [3.05, 3.63) is 77.0 Å². The molecule has 4 nitrogen and oxygen atoms in total. The topological polar surface area (TPSA) is 47.5 Å². The van der Waals surface area contributed by atoms with Crippen LogP contribution in [0.4, 0.5) is 5.69 Å². The lowest BCUT2D eigenvalue weighted by atomic mass is 10.2. The normalized spacial score (nSPS) is 13.3. The maximum atomic E-state index is 12.8. The zero-order valence-electron chi connectivity index (χ0n) is 15.3. The van der Waals surface area contributed by atoms with Crippen molar-refractivity contribution >= 4 is 39.4 Å². The van der Waals surface area contributed by atoms with Crippen molar-refractivity contribution in [3.63, 3.8) is 0 Å². The van der Waals surface area contributed by atoms with Crippen LogP contribution in [0, 0.1) is 13.8 Å². The SMILES string of the molecule is Cc1cc(C(=O)CSC2=Nc3ccccc3CS2)c(C)n1Cc1ccco1. The summed E-state index contributed by atoms with van der Waals surface area (Å²) in [5, 5.41) is 0. The molecule has 0 bridgehead atoms. The van der Waals surface area contributed by atoms with E-state index in [-0.39, 0.29) is 5.78 Å². The minimum atomic E-state index is 0.140. The second-order valence-electron chi connectivity index (χ2n) is 6.46. The molecule has 0 saturated carbocycles. The maximum Gasteiger partial charge on any atom is 0.174 e. The van der Waals surface area contributed by atoms with Crippen molar-refractivity contribution in [1.82, 2.24) is 4.57 Å². The Hall–Kier alpha value is -2.18. The minimum Gasteiger partial charge on any atom is -0.467 e. The highest BCUT2D eigenvalue weighted by Gasteiger charge is 2.19. The second-order valence-corrected chi connectivity index (χ2v) is 8.64. The first-order valence-electron chi connectivity index (χ1n) is 8.76. The molecule has 0 atom stereocenters. The number of carbonyl (C=O) groups excluding carboxylic acids is 1. The van der Waals surface area contributed by atoms with Crippen LogP contribution in [0.15, 0.2) is 58.1 Å². The van der Waals surface area contributed by atoms with E-state index in [0.29, 0.717) is 12.3 Å². The molecule has 2 aromatic heterocycles. The van der Waals surface area contributed by atoms with Gasteiger partial charge in [0.15, 0.2) is 5.78 Å². The van der Waals surface area contributed by atoms with Gasteiger partial charge in [-0.3, -0.25) is 4.79 Å². The molecule has 27 heavy (non-hydrogen) atoms. The number of thioether (sulfide) groups is 2. The first-order chi connectivity index (χ1) is 13.1. The molecule has 3 aromatic rings. The van der Waals surface area contributed by atoms with Crippen LogP contribution in [0.3, 0.4) is 0 Å². The minimum absolute atomic E-state index is 0.140. The number of aryl methyl sites for hydroxylation is 1. The number of benzene rings is 1. The zero-order chi connectivity index (χ0) is 18.8. The summed E-state index contributed by atoms with van der Waals surface area (Å²) in [6.45, 7) is 4.67. The third kappa shape index (κ3) is 3.92. The number of hydrogen-bond donors (Lipinski definition) is 0. The van der Waals surface area contributed by atoms with Gasteiger partial charge in [-0.25, -0.2) is 4.99 Å². The lowest BCUT2D eigenvalue weighted by molar-refractivity contribution is 0.102. The predicted molar refractivity (Wildman–Crippen MR) is 113 cm³/mol. The predicted octanol–water partition coefficient (Wildman–Crippen LogP) is 5.60. The van der Waals surface area contributed by atoms with Gasteiger partial charge in [0.25, 0.3) is 0 Å². The molecule has 0 fully saturated rings. The smallest absolute Gasteiger partial charge is 0.174 e. The number of aliphatic imine (C=N–C) groups is 1. The molecule has 0 amide bonds. The van der Waals surface area contributed by atoms with E-state index in [1.165, 1.54) is 17.3 Å². The number of rotatable bonds is 5. The van der Waals surface area contributed by atoms with Crippen LogP contribution in [0.5, 0.6) is 0 Å². The van der Waals surface area contributed by atoms with E-state index in [1.807, 2.05) is 50.2 Å². The van der Waals surface area contributed by atoms with Gasteiger partial charge in [0.1, 0.15) is 10.1 Å². The zero-order valence-corrected chi connectivity index (χ0v) is 16.9. The van der Waals surface area contributed by atoms with Crippen LogP contribution in [-0.2, 0) is 12.3 Å². The molecule has 0 unspecified atom stereocenters. The Morgan fingerprint density at radius 2 is 2.11 bits per heavy atom. The van der Waals surface area contributed by atoms with Crippen molar-refractivity contribution in [1.29, 1.82) is 0 Å². The summed E-state index contributed by atoms with van der Waals surface area (Å²) >= 11 is 3.23. The van der Waals surface area contributed by atoms with Crippen molar-refractivity contribution < 1.29 is 9.21 Å². The number of Topliss-reactive ketones (excluding diaryl/α,β-unsaturated/α-hetero) is 1. The summed E-state index contributed by atoms with van der Waals surface area (Å²) < 4.78 is 8.53. The number of furan rings is 1. The Labute approximate surface area is 167 Å². The molecular weight excluding hydrogens is 376 g/mol. The average molecular weight is 397 g/mol. The number of aromatic nitrogens is 1. The highest BCUT2D eigenvalue weighted by molar-refractivity contribution is 8.38. The number of fused-ring (bicyclic) bond motifs is 1. The van der Waals surface area contributed by atoms with Crippen LogP contribution < -0.4 is 0 Å². The van der Waals surface area contributed by atoms with Gasteiger partial charge < -0.3 is 8.98 Å². The largest absolute Gasteiger partial charge is 0.467 e. The molecule has 0 spiro atoms. The fraction of sp³-hybridized carbons (Fsp3) is 0.238. The fourth-order valence-electron chi connectivity index (χ4n) is 3.18. The Morgan fingerprint density at radius 1 is 1.26 bits per heavy atom. The lowest BCUT2D eigenvalue weighted by Crippen LogP contribution is -2.08. The summed E-state index contributed by atoms with van der Waals surface area (Å²) in [4.78, 5) is 17.5. The summed E-state index contributed by atoms with van der Waals surface area (Å²) in [5.74, 6) is 2.34. The first kappa shape index (κ1) is 18.2. The number of ketones is 1. The van der Waals surface area contributed by atoms with E-state index < -0.39 is 0 Å². The van der Waals surface area contributed by atoms with Gasteiger partial charge in [-0.2, -0.15) is 0 Å². The molecule has 3 heterocycles. The first-order valence-corrected chi connectivity index (χ1v) is 10.7. The van der Waals surface area contributed by atoms with Gasteiger partial charge in [-0.1, -0.05) is 41.7 Å². The molecule has 0 radical (unpaired) electrons. The molecule has 0 saturated heterocycles. The average Bonchev–Trinajstić information content (AvgIpc) is 3.30. The van der Waals surface area contributed by atoms with E-state index in [4.69, 9.17) is 4.42 Å². The molecule has 0 N–H and O–H groups in total. The third-order valence-electron chi connectivity index (χ3n) is 4.65. The van der Waals surface area contributed by atoms with Crippen LogP contribution in [0.2, 0.25) is 0 Å².